The van der Waals surface area contributed by atoms with Gasteiger partial charge in [-0.3, -0.25) is 9.11 Å². The van der Waals surface area contributed by atoms with Crippen molar-refractivity contribution in [2.45, 2.75) is 20.4 Å². The molecule has 0 aliphatic carbocycles. The Labute approximate surface area is 297 Å². The number of thioether (sulfide) groups is 1. The third kappa shape index (κ3) is 6.94. The van der Waals surface area contributed by atoms with Gasteiger partial charge in [0.1, 0.15) is 9.79 Å². The third-order valence-corrected chi connectivity index (χ3v) is 10.8. The largest absolute Gasteiger partial charge is 0.397 e. The second-order valence-corrected chi connectivity index (χ2v) is 14.9. The monoisotopic (exact) mass is 744 g/mol. The van der Waals surface area contributed by atoms with Crippen LogP contribution < -0.4 is 11.5 Å². The predicted molar refractivity (Wildman–Crippen MR) is 201 cm³/mol. The first-order valence-corrected chi connectivity index (χ1v) is 19.4. The molecule has 6 aromatic rings. The quantitative estimate of drug-likeness (QED) is 0.0313. The highest BCUT2D eigenvalue weighted by molar-refractivity contribution is 7.98. The van der Waals surface area contributed by atoms with Crippen LogP contribution in [0.1, 0.15) is 5.56 Å². The molecule has 0 heterocycles. The first-order valence-electron chi connectivity index (χ1n) is 14.6. The zero-order chi connectivity index (χ0) is 35.8. The van der Waals surface area contributed by atoms with Gasteiger partial charge in [-0.2, -0.15) is 34.6 Å². The van der Waals surface area contributed by atoms with Gasteiger partial charge in [0.05, 0.1) is 34.1 Å². The molecule has 6 aromatic carbocycles. The Morgan fingerprint density at radius 3 is 1.48 bits per heavy atom. The minimum absolute atomic E-state index is 0.0747. The highest BCUT2D eigenvalue weighted by Crippen LogP contribution is 2.40. The molecule has 0 spiro atoms. The summed E-state index contributed by atoms with van der Waals surface area (Å²) in [5, 5.41) is 19.5. The van der Waals surface area contributed by atoms with E-state index in [-0.39, 0.29) is 22.7 Å². The molecule has 0 aliphatic rings. The van der Waals surface area contributed by atoms with Crippen molar-refractivity contribution in [3.05, 3.63) is 103 Å². The molecule has 254 valence electrons. The lowest BCUT2D eigenvalue weighted by molar-refractivity contribution is 0.481. The number of hydrogen-bond donors (Lipinski definition) is 5. The summed E-state index contributed by atoms with van der Waals surface area (Å²) in [5.74, 6) is 0.323. The molecule has 0 aliphatic heterocycles. The van der Waals surface area contributed by atoms with Crippen LogP contribution in [0.4, 0.5) is 34.1 Å². The molecule has 0 saturated heterocycles. The second kappa shape index (κ2) is 13.8. The highest BCUT2D eigenvalue weighted by atomic mass is 32.2. The minimum atomic E-state index is -4.61. The van der Waals surface area contributed by atoms with Crippen molar-refractivity contribution in [3.63, 3.8) is 0 Å². The van der Waals surface area contributed by atoms with E-state index in [0.29, 0.717) is 38.7 Å². The summed E-state index contributed by atoms with van der Waals surface area (Å²) in [6, 6.07) is 27.3. The Morgan fingerprint density at radius 1 is 0.600 bits per heavy atom. The van der Waals surface area contributed by atoms with Crippen LogP contribution in [0.2, 0.25) is 0 Å². The molecule has 0 atom stereocenters. The lowest BCUT2D eigenvalue weighted by atomic mass is 10.0. The fourth-order valence-electron chi connectivity index (χ4n) is 5.44. The molecule has 0 bridgehead atoms. The topological polar surface area (TPSA) is 210 Å². The number of nitrogens with zero attached hydrogens (tertiary/aromatic N) is 4. The van der Waals surface area contributed by atoms with Crippen molar-refractivity contribution < 1.29 is 25.9 Å². The maximum Gasteiger partial charge on any atom is 0.296 e. The molecule has 16 heteroatoms. The summed E-state index contributed by atoms with van der Waals surface area (Å²) >= 11 is 5.95. The standard InChI is InChI=1S/C34H28N6O6S4/c1-48-30-15-20(11-13-27(30)38-40-29-17-32(50(44,45)46)34(36)25-9-5-3-7-23(25)29)19-10-12-26(21(14-19)18-47)37-39-28-16-31(49(41,42)43)33(35)24-8-4-2-6-22(24)28/h2-17,47H,18,35-36H2,1H3,(H,41,42,43)(H,44,45,46). The molecule has 50 heavy (non-hydrogen) atoms. The normalized spacial score (nSPS) is 12.5. The van der Waals surface area contributed by atoms with E-state index >= 15 is 0 Å². The minimum Gasteiger partial charge on any atom is -0.397 e. The molecule has 0 saturated carbocycles. The van der Waals surface area contributed by atoms with Gasteiger partial charge in [-0.05, 0) is 59.3 Å². The molecular formula is C34H28N6O6S4. The number of thiol groups is 1. The van der Waals surface area contributed by atoms with E-state index in [1.807, 2.05) is 30.5 Å². The fraction of sp³-hybridized carbons (Fsp3) is 0.0588. The maximum atomic E-state index is 12.0. The summed E-state index contributed by atoms with van der Waals surface area (Å²) in [6.45, 7) is 0. The van der Waals surface area contributed by atoms with Gasteiger partial charge in [0.2, 0.25) is 0 Å². The smallest absolute Gasteiger partial charge is 0.296 e. The van der Waals surface area contributed by atoms with E-state index < -0.39 is 30.0 Å². The average molecular weight is 745 g/mol. The summed E-state index contributed by atoms with van der Waals surface area (Å²) in [5.41, 5.74) is 15.9. The van der Waals surface area contributed by atoms with Gasteiger partial charge in [-0.25, -0.2) is 0 Å². The van der Waals surface area contributed by atoms with Crippen LogP contribution in [-0.2, 0) is 26.0 Å². The van der Waals surface area contributed by atoms with Crippen molar-refractivity contribution in [1.82, 2.24) is 0 Å². The number of benzene rings is 6. The number of rotatable bonds is 9. The van der Waals surface area contributed by atoms with E-state index in [9.17, 15) is 25.9 Å². The summed E-state index contributed by atoms with van der Waals surface area (Å²) in [6.07, 6.45) is 1.89. The Kier molecular flexibility index (Phi) is 9.67. The van der Waals surface area contributed by atoms with E-state index in [1.165, 1.54) is 23.9 Å². The Bertz CT molecular complexity index is 2430. The number of nitrogens with two attached hydrogens (primary N) is 2. The Morgan fingerprint density at radius 2 is 1.02 bits per heavy atom. The van der Waals surface area contributed by atoms with Gasteiger partial charge in [-0.15, -0.1) is 27.1 Å². The summed E-state index contributed by atoms with van der Waals surface area (Å²) < 4.78 is 67.6. The van der Waals surface area contributed by atoms with E-state index in [1.54, 1.807) is 60.7 Å². The first-order chi connectivity index (χ1) is 23.8. The van der Waals surface area contributed by atoms with Crippen LogP contribution >= 0.6 is 24.4 Å². The maximum absolute atomic E-state index is 12.0. The summed E-state index contributed by atoms with van der Waals surface area (Å²) in [7, 11) is -9.22. The molecule has 6 rings (SSSR count). The number of nitrogen functional groups attached to an aromatic ring is 2. The van der Waals surface area contributed by atoms with Crippen molar-refractivity contribution >= 4 is 100 Å². The van der Waals surface area contributed by atoms with Crippen LogP contribution in [0, 0.1) is 0 Å². The van der Waals surface area contributed by atoms with Crippen LogP contribution in [0.3, 0.4) is 0 Å². The van der Waals surface area contributed by atoms with E-state index in [0.717, 1.165) is 21.6 Å². The lowest BCUT2D eigenvalue weighted by Crippen LogP contribution is -2.03. The molecule has 0 unspecified atom stereocenters. The summed E-state index contributed by atoms with van der Waals surface area (Å²) in [4.78, 5) is -0.104. The van der Waals surface area contributed by atoms with Gasteiger partial charge in [0.15, 0.2) is 0 Å². The molecule has 12 nitrogen and oxygen atoms in total. The molecular weight excluding hydrogens is 717 g/mol. The Hall–Kier alpha value is -4.84. The van der Waals surface area contributed by atoms with Crippen molar-refractivity contribution in [2.75, 3.05) is 17.7 Å². The average Bonchev–Trinajstić information content (AvgIpc) is 3.10. The molecule has 6 N–H and O–H groups in total. The van der Waals surface area contributed by atoms with Crippen molar-refractivity contribution in [2.24, 2.45) is 20.5 Å². The number of fused-ring (bicyclic) bond motifs is 2. The van der Waals surface area contributed by atoms with Crippen LogP contribution in [0.15, 0.2) is 132 Å². The SMILES string of the molecule is CSc1cc(-c2ccc(N=Nc3cc(S(=O)(=O)O)c(N)c4ccccc34)c(CS)c2)ccc1N=Nc1cc(S(=O)(=O)O)c(N)c2ccccc12. The van der Waals surface area contributed by atoms with E-state index in [4.69, 9.17) is 11.5 Å². The molecule has 0 radical (unpaired) electrons. The Balaban J connectivity index is 1.34. The number of anilines is 2. The molecule has 0 amide bonds. The first kappa shape index (κ1) is 35.0. The van der Waals surface area contributed by atoms with Gasteiger partial charge in [-0.1, -0.05) is 60.7 Å². The molecule has 0 aromatic heterocycles. The van der Waals surface area contributed by atoms with Gasteiger partial charge >= 0.3 is 0 Å². The zero-order valence-corrected chi connectivity index (χ0v) is 29.4. The van der Waals surface area contributed by atoms with Crippen molar-refractivity contribution in [3.8, 4) is 11.1 Å². The highest BCUT2D eigenvalue weighted by Gasteiger charge is 2.20. The lowest BCUT2D eigenvalue weighted by Gasteiger charge is -2.11. The predicted octanol–water partition coefficient (Wildman–Crippen LogP) is 9.30. The van der Waals surface area contributed by atoms with Gasteiger partial charge in [0.25, 0.3) is 20.2 Å². The number of hydrogen-bond acceptors (Lipinski definition) is 12. The fourth-order valence-corrected chi connectivity index (χ4v) is 7.56. The second-order valence-electron chi connectivity index (χ2n) is 10.9. The van der Waals surface area contributed by atoms with Crippen LogP contribution in [0.25, 0.3) is 32.7 Å². The van der Waals surface area contributed by atoms with Crippen LogP contribution in [-0.4, -0.2) is 32.2 Å². The van der Waals surface area contributed by atoms with Crippen LogP contribution in [0.5, 0.6) is 0 Å². The molecule has 0 fully saturated rings. The van der Waals surface area contributed by atoms with Gasteiger partial charge in [0, 0.05) is 32.2 Å². The van der Waals surface area contributed by atoms with E-state index in [2.05, 4.69) is 33.1 Å². The third-order valence-electron chi connectivity index (χ3n) is 7.90. The van der Waals surface area contributed by atoms with Crippen molar-refractivity contribution in [1.29, 1.82) is 0 Å². The van der Waals surface area contributed by atoms with Gasteiger partial charge < -0.3 is 11.5 Å². The number of azo groups is 2. The zero-order valence-electron chi connectivity index (χ0n) is 26.1.